The lowest BCUT2D eigenvalue weighted by Crippen LogP contribution is -2.74. The van der Waals surface area contributed by atoms with Crippen LogP contribution in [0.3, 0.4) is 0 Å². The normalized spacial score (nSPS) is 16.1. The van der Waals surface area contributed by atoms with Gasteiger partial charge in [-0.15, -0.1) is 0 Å². The minimum atomic E-state index is -8.69. The Morgan fingerprint density at radius 3 is 1.56 bits per heavy atom. The molecule has 0 heterocycles. The number of hydroxylamine groups is 1. The van der Waals surface area contributed by atoms with E-state index in [9.17, 15) is 84.5 Å². The van der Waals surface area contributed by atoms with Gasteiger partial charge in [0.15, 0.2) is 8.32 Å². The molecule has 2 atom stereocenters. The number of aliphatic hydroxyl groups is 1. The fraction of sp³-hybridized carbons (Fsp3) is 0.676. The molecule has 0 saturated carbocycles. The van der Waals surface area contributed by atoms with E-state index in [4.69, 9.17) is 19.1 Å². The highest BCUT2D eigenvalue weighted by Gasteiger charge is 2.95. The Morgan fingerprint density at radius 1 is 0.712 bits per heavy atom. The molecule has 0 fully saturated rings. The van der Waals surface area contributed by atoms with E-state index >= 15 is 0 Å². The zero-order valence-electron chi connectivity index (χ0n) is 32.1. The fourth-order valence-corrected chi connectivity index (χ4v) is 10.4. The number of ether oxygens (including phenoxy) is 2. The number of amides is 1. The number of alkyl halides is 17. The van der Waals surface area contributed by atoms with Gasteiger partial charge in [-0.25, -0.2) is 5.48 Å². The van der Waals surface area contributed by atoms with Crippen molar-refractivity contribution in [3.63, 3.8) is 0 Å². The molecule has 0 saturated heterocycles. The number of aliphatic hydroxyl groups excluding tert-OH is 1. The van der Waals surface area contributed by atoms with Crippen LogP contribution in [0, 0.1) is 0 Å². The van der Waals surface area contributed by atoms with Crippen molar-refractivity contribution in [2.75, 3.05) is 20.3 Å². The first kappa shape index (κ1) is 53.9. The summed E-state index contributed by atoms with van der Waals surface area (Å²) in [5.74, 6) is -57.5. The molecule has 0 aromatic heterocycles. The van der Waals surface area contributed by atoms with Crippen LogP contribution in [0.2, 0.25) is 17.1 Å². The maximum atomic E-state index is 14.9. The van der Waals surface area contributed by atoms with Crippen molar-refractivity contribution in [1.29, 1.82) is 0 Å². The Kier molecular flexibility index (Phi) is 17.2. The highest BCUT2D eigenvalue weighted by Crippen LogP contribution is 2.64. The predicted molar refractivity (Wildman–Crippen MR) is 177 cm³/mol. The van der Waals surface area contributed by atoms with Gasteiger partial charge in [0.2, 0.25) is 0 Å². The molecular formula is C34H42F17NO6Si. The maximum absolute atomic E-state index is 14.9. The average molecular weight is 912 g/mol. The minimum Gasteiger partial charge on any atom is -0.491 e. The molecular weight excluding hydrogens is 869 g/mol. The number of hydrogen-bond donors (Lipinski definition) is 3. The number of halogens is 17. The first-order valence-electron chi connectivity index (χ1n) is 17.0. The Morgan fingerprint density at radius 2 is 1.15 bits per heavy atom. The van der Waals surface area contributed by atoms with Crippen LogP contribution in [0.1, 0.15) is 59.6 Å². The lowest BCUT2D eigenvalue weighted by Gasteiger charge is -2.44. The molecule has 1 aromatic carbocycles. The molecule has 0 spiro atoms. The molecule has 0 aliphatic carbocycles. The largest absolute Gasteiger partial charge is 0.491 e. The van der Waals surface area contributed by atoms with Crippen molar-refractivity contribution in [3.8, 4) is 5.75 Å². The SMILES string of the molecule is CO[C@H](/C(C)=C/C(C)=C/C(=O)NO)[C@H](O)c1ccc(OCCO[Si](CCC(F)(F)C(F)(F)C(F)(F)C(F)(F)C(F)(F)C(F)(F)C(F)(F)C(F)(F)F)(C(C)C)C(C)C)cc1. The quantitative estimate of drug-likeness (QED) is 0.0204. The van der Waals surface area contributed by atoms with E-state index in [-0.39, 0.29) is 5.75 Å². The van der Waals surface area contributed by atoms with E-state index in [0.29, 0.717) is 16.7 Å². The first-order valence-corrected chi connectivity index (χ1v) is 19.3. The zero-order valence-corrected chi connectivity index (χ0v) is 33.1. The summed E-state index contributed by atoms with van der Waals surface area (Å²) in [5, 5.41) is 19.5. The van der Waals surface area contributed by atoms with Crippen LogP contribution in [-0.4, -0.2) is 98.6 Å². The maximum Gasteiger partial charge on any atom is 0.460 e. The zero-order chi connectivity index (χ0) is 46.6. The highest BCUT2D eigenvalue weighted by atomic mass is 28.4. The van der Waals surface area contributed by atoms with Crippen molar-refractivity contribution in [2.45, 2.75) is 125 Å². The van der Waals surface area contributed by atoms with Gasteiger partial charge < -0.3 is 19.0 Å². The molecule has 0 aliphatic heterocycles. The van der Waals surface area contributed by atoms with Gasteiger partial charge in [-0.2, -0.15) is 74.6 Å². The first-order chi connectivity index (χ1) is 26.4. The smallest absolute Gasteiger partial charge is 0.460 e. The van der Waals surface area contributed by atoms with Gasteiger partial charge in [0, 0.05) is 19.6 Å². The molecule has 7 nitrogen and oxygen atoms in total. The predicted octanol–water partition coefficient (Wildman–Crippen LogP) is 10.7. The van der Waals surface area contributed by atoms with Gasteiger partial charge in [0.1, 0.15) is 24.6 Å². The van der Waals surface area contributed by atoms with Gasteiger partial charge in [0.05, 0.1) is 6.61 Å². The third-order valence-electron chi connectivity index (χ3n) is 9.43. The molecule has 1 rings (SSSR count). The van der Waals surface area contributed by atoms with E-state index in [2.05, 4.69) is 0 Å². The number of methoxy groups -OCH3 is 1. The van der Waals surface area contributed by atoms with Gasteiger partial charge in [-0.05, 0) is 59.8 Å². The summed E-state index contributed by atoms with van der Waals surface area (Å²) in [7, 11) is -2.68. The monoisotopic (exact) mass is 911 g/mol. The molecule has 0 unspecified atom stereocenters. The fourth-order valence-electron chi connectivity index (χ4n) is 5.97. The third kappa shape index (κ3) is 10.5. The summed E-state index contributed by atoms with van der Waals surface area (Å²) in [5.41, 5.74) is 0.828. The van der Waals surface area contributed by atoms with Crippen molar-refractivity contribution >= 4 is 14.2 Å². The van der Waals surface area contributed by atoms with Crippen LogP contribution in [0.5, 0.6) is 5.75 Å². The number of carbonyl (C=O) groups excluding carboxylic acids is 1. The van der Waals surface area contributed by atoms with Crippen molar-refractivity contribution in [1.82, 2.24) is 5.48 Å². The number of rotatable bonds is 22. The Hall–Kier alpha value is -3.16. The van der Waals surface area contributed by atoms with E-state index in [1.165, 1.54) is 77.6 Å². The lowest BCUT2D eigenvalue weighted by molar-refractivity contribution is -0.461. The van der Waals surface area contributed by atoms with Gasteiger partial charge >= 0.3 is 47.6 Å². The molecule has 0 aliphatic rings. The topological polar surface area (TPSA) is 97.3 Å². The van der Waals surface area contributed by atoms with E-state index in [1.54, 1.807) is 6.92 Å². The second kappa shape index (κ2) is 18.8. The second-order valence-electron chi connectivity index (χ2n) is 14.0. The Bertz CT molecular complexity index is 1610. The molecule has 3 N–H and O–H groups in total. The van der Waals surface area contributed by atoms with E-state index < -0.39 is 111 Å². The summed E-state index contributed by atoms with van der Waals surface area (Å²) in [6, 6.07) is 4.21. The summed E-state index contributed by atoms with van der Waals surface area (Å²) in [6.45, 7) is 7.45. The standard InChI is InChI=1S/C34H42F17NO6Si/c1-18(2)59(19(3)4,58-14-13-57-23-10-8-22(9-11-23)25(54)26(56-7)21(6)16-20(5)17-24(53)52-55)15-12-27(35,36)28(37,38)29(39,40)30(41,42)31(43,44)32(45,46)33(47,48)34(49,50)51/h8-11,16-19,25-26,54-55H,12-15H2,1-7H3,(H,52,53)/b20-17+,21-16+/t25-,26-/m1/s1. The molecule has 59 heavy (non-hydrogen) atoms. The van der Waals surface area contributed by atoms with Crippen LogP contribution in [-0.2, 0) is 14.0 Å². The van der Waals surface area contributed by atoms with Crippen LogP contribution < -0.4 is 10.2 Å². The molecule has 1 amide bonds. The molecule has 0 bridgehead atoms. The number of benzene rings is 1. The second-order valence-corrected chi connectivity index (χ2v) is 19.0. The molecule has 25 heteroatoms. The summed E-state index contributed by atoms with van der Waals surface area (Å²) in [6.07, 6.45) is -10.0. The van der Waals surface area contributed by atoms with Crippen LogP contribution in [0.25, 0.3) is 0 Å². The van der Waals surface area contributed by atoms with E-state index in [1.807, 2.05) is 0 Å². The number of allylic oxidation sites excluding steroid dienone is 2. The summed E-state index contributed by atoms with van der Waals surface area (Å²) < 4.78 is 251. The molecule has 0 radical (unpaired) electrons. The van der Waals surface area contributed by atoms with Gasteiger partial charge in [-0.1, -0.05) is 45.9 Å². The number of carbonyl (C=O) groups is 1. The average Bonchev–Trinajstić information content (AvgIpc) is 3.10. The van der Waals surface area contributed by atoms with Crippen molar-refractivity contribution in [3.05, 3.63) is 53.1 Å². The Labute approximate surface area is 327 Å². The minimum absolute atomic E-state index is 0.116. The van der Waals surface area contributed by atoms with Crippen molar-refractivity contribution < 1.29 is 104 Å². The number of nitrogens with one attached hydrogen (secondary N) is 1. The highest BCUT2D eigenvalue weighted by molar-refractivity contribution is 6.76. The van der Waals surface area contributed by atoms with Crippen LogP contribution in [0.4, 0.5) is 74.6 Å². The van der Waals surface area contributed by atoms with Crippen LogP contribution >= 0.6 is 0 Å². The van der Waals surface area contributed by atoms with Crippen molar-refractivity contribution in [2.24, 2.45) is 0 Å². The summed E-state index contributed by atoms with van der Waals surface area (Å²) >= 11 is 0. The Balaban J connectivity index is 3.25. The summed E-state index contributed by atoms with van der Waals surface area (Å²) in [4.78, 5) is 11.3. The van der Waals surface area contributed by atoms with Gasteiger partial charge in [-0.3, -0.25) is 10.0 Å². The lowest BCUT2D eigenvalue weighted by atomic mass is 9.88. The van der Waals surface area contributed by atoms with Crippen LogP contribution in [0.15, 0.2) is 47.6 Å². The molecule has 342 valence electrons. The van der Waals surface area contributed by atoms with E-state index in [0.717, 1.165) is 6.08 Å². The van der Waals surface area contributed by atoms with Gasteiger partial charge in [0.25, 0.3) is 5.91 Å². The number of hydrogen-bond acceptors (Lipinski definition) is 6. The molecule has 1 aromatic rings. The third-order valence-corrected chi connectivity index (χ3v) is 15.1.